The predicted molar refractivity (Wildman–Crippen MR) is 154 cm³/mol. The Balaban J connectivity index is 1.82. The second-order valence-electron chi connectivity index (χ2n) is 9.30. The maximum absolute atomic E-state index is 14.3. The SMILES string of the molecule is Cc1ccc(N=c2pc(Nc3ccc(C)cc3)n(-c3ccc(C)cc3)c(=O)n2-c2ccc(C)cc2)cc1. The summed E-state index contributed by atoms with van der Waals surface area (Å²) in [5, 5.41) is 4.14. The Bertz CT molecular complexity index is 1660. The van der Waals surface area contributed by atoms with Gasteiger partial charge in [-0.2, -0.15) is 0 Å². The summed E-state index contributed by atoms with van der Waals surface area (Å²) in [6, 6.07) is 32.2. The van der Waals surface area contributed by atoms with Crippen molar-refractivity contribution in [3.63, 3.8) is 0 Å². The van der Waals surface area contributed by atoms with Crippen LogP contribution >= 0.6 is 8.19 Å². The average Bonchev–Trinajstić information content (AvgIpc) is 2.89. The fraction of sp³-hybridized carbons (Fsp3) is 0.129. The van der Waals surface area contributed by atoms with E-state index in [1.54, 1.807) is 9.13 Å². The lowest BCUT2D eigenvalue weighted by molar-refractivity contribution is 0.825. The van der Waals surface area contributed by atoms with Crippen LogP contribution in [0.4, 0.5) is 16.9 Å². The van der Waals surface area contributed by atoms with Crippen LogP contribution in [0.1, 0.15) is 22.3 Å². The molecule has 4 aromatic carbocycles. The van der Waals surface area contributed by atoms with E-state index in [4.69, 9.17) is 4.99 Å². The van der Waals surface area contributed by atoms with Crippen LogP contribution in [0.15, 0.2) is 107 Å². The molecule has 184 valence electrons. The van der Waals surface area contributed by atoms with Crippen molar-refractivity contribution in [3.05, 3.63) is 135 Å². The first-order chi connectivity index (χ1) is 17.9. The van der Waals surface area contributed by atoms with E-state index in [-0.39, 0.29) is 5.69 Å². The van der Waals surface area contributed by atoms with E-state index in [0.29, 0.717) is 5.22 Å². The van der Waals surface area contributed by atoms with Crippen molar-refractivity contribution in [3.8, 4) is 11.4 Å². The maximum Gasteiger partial charge on any atom is 0.341 e. The standard InChI is InChI=1S/C31H29N4OP/c1-21-5-13-25(14-6-21)32-29-34(27-17-9-23(3)10-18-27)31(36)35(28-19-11-24(4)12-20-28)30(37-29)33-26-15-7-22(2)8-16-26/h5-20,32H,1-4H3. The molecule has 0 amide bonds. The topological polar surface area (TPSA) is 51.3 Å². The Kier molecular flexibility index (Phi) is 6.89. The molecule has 5 nitrogen and oxygen atoms in total. The summed E-state index contributed by atoms with van der Waals surface area (Å²) in [6.45, 7) is 8.19. The number of aryl methyl sites for hydroxylation is 4. The van der Waals surface area contributed by atoms with E-state index in [1.165, 1.54) is 5.56 Å². The summed E-state index contributed by atoms with van der Waals surface area (Å²) in [7, 11) is 0.771. The first-order valence-corrected chi connectivity index (χ1v) is 13.1. The highest BCUT2D eigenvalue weighted by molar-refractivity contribution is 7.32. The monoisotopic (exact) mass is 504 g/mol. The number of nitrogens with one attached hydrogen (secondary N) is 1. The largest absolute Gasteiger partial charge is 0.341 e. The molecule has 0 spiro atoms. The van der Waals surface area contributed by atoms with E-state index in [0.717, 1.165) is 53.2 Å². The van der Waals surface area contributed by atoms with Gasteiger partial charge in [-0.15, -0.1) is 0 Å². The summed E-state index contributed by atoms with van der Waals surface area (Å²) in [4.78, 5) is 19.3. The Morgan fingerprint density at radius 2 is 1.03 bits per heavy atom. The van der Waals surface area contributed by atoms with Crippen molar-refractivity contribution >= 4 is 25.1 Å². The molecule has 1 aromatic heterocycles. The minimum Gasteiger partial charge on any atom is -0.337 e. The van der Waals surface area contributed by atoms with Crippen LogP contribution in [0, 0.1) is 27.7 Å². The Labute approximate surface area is 218 Å². The molecule has 0 atom stereocenters. The van der Waals surface area contributed by atoms with Gasteiger partial charge in [0.15, 0.2) is 10.8 Å². The lowest BCUT2D eigenvalue weighted by atomic mass is 10.2. The van der Waals surface area contributed by atoms with E-state index in [2.05, 4.69) is 31.3 Å². The molecule has 0 saturated heterocycles. The van der Waals surface area contributed by atoms with Crippen LogP contribution < -0.4 is 16.2 Å². The van der Waals surface area contributed by atoms with E-state index >= 15 is 0 Å². The third-order valence-corrected chi connectivity index (χ3v) is 7.18. The van der Waals surface area contributed by atoms with Gasteiger partial charge in [0, 0.05) is 13.9 Å². The summed E-state index contributed by atoms with van der Waals surface area (Å²) >= 11 is 0. The molecule has 0 unspecified atom stereocenters. The molecule has 37 heavy (non-hydrogen) atoms. The Morgan fingerprint density at radius 3 is 1.54 bits per heavy atom. The first-order valence-electron chi connectivity index (χ1n) is 12.2. The van der Waals surface area contributed by atoms with E-state index < -0.39 is 0 Å². The van der Waals surface area contributed by atoms with Crippen LogP contribution in [-0.4, -0.2) is 9.13 Å². The first kappa shape index (κ1) is 24.5. The molecule has 0 saturated carbocycles. The van der Waals surface area contributed by atoms with Crippen molar-refractivity contribution in [2.75, 3.05) is 5.32 Å². The van der Waals surface area contributed by atoms with Crippen molar-refractivity contribution in [2.45, 2.75) is 27.7 Å². The molecule has 0 aliphatic heterocycles. The van der Waals surface area contributed by atoms with Gasteiger partial charge in [-0.3, -0.25) is 0 Å². The fourth-order valence-corrected chi connectivity index (χ4v) is 5.12. The van der Waals surface area contributed by atoms with Gasteiger partial charge in [0.2, 0.25) is 0 Å². The van der Waals surface area contributed by atoms with Crippen LogP contribution in [0.3, 0.4) is 0 Å². The van der Waals surface area contributed by atoms with Crippen LogP contribution in [0.25, 0.3) is 11.4 Å². The van der Waals surface area contributed by atoms with Gasteiger partial charge in [0.1, 0.15) is 0 Å². The van der Waals surface area contributed by atoms with Crippen LogP contribution in [-0.2, 0) is 0 Å². The minimum atomic E-state index is -0.188. The Hall–Kier alpha value is -4.21. The highest BCUT2D eigenvalue weighted by Crippen LogP contribution is 2.26. The van der Waals surface area contributed by atoms with E-state index in [9.17, 15) is 4.79 Å². The van der Waals surface area contributed by atoms with Gasteiger partial charge in [0.05, 0.1) is 17.1 Å². The number of benzene rings is 4. The summed E-state index contributed by atoms with van der Waals surface area (Å²) in [5.74, 6) is 0. The fourth-order valence-electron chi connectivity index (χ4n) is 3.98. The second kappa shape index (κ2) is 10.4. The zero-order valence-corrected chi connectivity index (χ0v) is 22.3. The lowest BCUT2D eigenvalue weighted by Crippen LogP contribution is -2.37. The summed E-state index contributed by atoms with van der Waals surface area (Å²) < 4.78 is 3.45. The number of aromatic nitrogens is 2. The highest BCUT2D eigenvalue weighted by atomic mass is 31.0. The van der Waals surface area contributed by atoms with Crippen molar-refractivity contribution in [2.24, 2.45) is 4.99 Å². The molecule has 1 heterocycles. The van der Waals surface area contributed by atoms with Crippen molar-refractivity contribution < 1.29 is 0 Å². The molecule has 0 aliphatic rings. The van der Waals surface area contributed by atoms with Gasteiger partial charge < -0.3 is 5.32 Å². The quantitative estimate of drug-likeness (QED) is 0.271. The van der Waals surface area contributed by atoms with Crippen LogP contribution in [0.5, 0.6) is 0 Å². The lowest BCUT2D eigenvalue weighted by Gasteiger charge is -2.18. The molecular weight excluding hydrogens is 475 g/mol. The average molecular weight is 505 g/mol. The smallest absolute Gasteiger partial charge is 0.337 e. The van der Waals surface area contributed by atoms with E-state index in [1.807, 2.05) is 98.8 Å². The summed E-state index contributed by atoms with van der Waals surface area (Å²) in [5.41, 5.74) is 8.43. The molecular formula is C31H29N4OP. The van der Waals surface area contributed by atoms with Gasteiger partial charge >= 0.3 is 5.69 Å². The molecule has 5 rings (SSSR count). The minimum absolute atomic E-state index is 0.188. The van der Waals surface area contributed by atoms with Gasteiger partial charge in [-0.05, 0) is 76.2 Å². The molecule has 5 aromatic rings. The van der Waals surface area contributed by atoms with Gasteiger partial charge in [-0.25, -0.2) is 18.9 Å². The maximum atomic E-state index is 14.3. The van der Waals surface area contributed by atoms with Crippen LogP contribution in [0.2, 0.25) is 0 Å². The number of nitrogens with zero attached hydrogens (tertiary/aromatic N) is 3. The Morgan fingerprint density at radius 1 is 0.595 bits per heavy atom. The van der Waals surface area contributed by atoms with Gasteiger partial charge in [0.25, 0.3) is 0 Å². The molecule has 6 heteroatoms. The zero-order valence-electron chi connectivity index (χ0n) is 21.4. The zero-order chi connectivity index (χ0) is 25.9. The van der Waals surface area contributed by atoms with Gasteiger partial charge in [-0.1, -0.05) is 70.8 Å². The molecule has 0 bridgehead atoms. The predicted octanol–water partition coefficient (Wildman–Crippen LogP) is 7.42. The number of hydrogen-bond acceptors (Lipinski definition) is 3. The number of hydrogen-bond donors (Lipinski definition) is 1. The third-order valence-electron chi connectivity index (χ3n) is 6.16. The second-order valence-corrected chi connectivity index (χ2v) is 10.3. The number of rotatable bonds is 5. The highest BCUT2D eigenvalue weighted by Gasteiger charge is 2.15. The molecule has 1 N–H and O–H groups in total. The van der Waals surface area contributed by atoms with Crippen molar-refractivity contribution in [1.29, 1.82) is 0 Å². The number of anilines is 2. The third kappa shape index (κ3) is 5.47. The normalized spacial score (nSPS) is 11.7. The summed E-state index contributed by atoms with van der Waals surface area (Å²) in [6.07, 6.45) is 0. The molecule has 0 aliphatic carbocycles. The molecule has 0 fully saturated rings. The van der Waals surface area contributed by atoms with Crippen molar-refractivity contribution in [1.82, 2.24) is 9.13 Å². The molecule has 0 radical (unpaired) electrons.